The molecule has 1 aromatic carbocycles. The van der Waals surface area contributed by atoms with E-state index in [0.29, 0.717) is 10.9 Å². The van der Waals surface area contributed by atoms with Gasteiger partial charge in [0.05, 0.1) is 10.5 Å². The number of nitrogens with zero attached hydrogens (tertiary/aromatic N) is 5. The number of amides is 1. The number of amidine groups is 2. The van der Waals surface area contributed by atoms with Crippen molar-refractivity contribution in [2.75, 3.05) is 0 Å². The van der Waals surface area contributed by atoms with Crippen LogP contribution in [0.5, 0.6) is 0 Å². The Balaban J connectivity index is 1.20. The molecule has 6 aliphatic rings. The quantitative estimate of drug-likeness (QED) is 0.351. The van der Waals surface area contributed by atoms with Crippen molar-refractivity contribution in [1.29, 1.82) is 5.41 Å². The normalized spacial score (nSPS) is 31.6. The van der Waals surface area contributed by atoms with Crippen LogP contribution in [0.2, 0.25) is 0 Å². The molecule has 0 saturated heterocycles. The van der Waals surface area contributed by atoms with Crippen LogP contribution in [0.4, 0.5) is 5.69 Å². The Morgan fingerprint density at radius 2 is 1.75 bits per heavy atom. The van der Waals surface area contributed by atoms with Crippen molar-refractivity contribution in [3.63, 3.8) is 0 Å². The van der Waals surface area contributed by atoms with E-state index < -0.39 is 10.8 Å². The first kappa shape index (κ1) is 21.7. The molecule has 2 aromatic rings. The summed E-state index contributed by atoms with van der Waals surface area (Å²) in [5.41, 5.74) is 1.66. The Bertz CT molecular complexity index is 1380. The second kappa shape index (κ2) is 7.73. The first-order valence-electron chi connectivity index (χ1n) is 12.3. The molecule has 9 nitrogen and oxygen atoms in total. The third-order valence-electron chi connectivity index (χ3n) is 8.36. The van der Waals surface area contributed by atoms with Gasteiger partial charge in [-0.15, -0.1) is 0 Å². The number of nitro groups is 1. The summed E-state index contributed by atoms with van der Waals surface area (Å²) >= 11 is 1.48. The van der Waals surface area contributed by atoms with Gasteiger partial charge in [0.2, 0.25) is 5.17 Å². The number of nitro benzene ring substituents is 1. The molecule has 0 unspecified atom stereocenters. The van der Waals surface area contributed by atoms with Crippen molar-refractivity contribution in [3.8, 4) is 5.69 Å². The zero-order valence-corrected chi connectivity index (χ0v) is 20.3. The largest absolute Gasteiger partial charge is 0.317 e. The van der Waals surface area contributed by atoms with E-state index in [1.165, 1.54) is 67.4 Å². The number of aliphatic imine (C=N–C) groups is 1. The molecule has 4 bridgehead atoms. The number of aromatic nitrogens is 1. The molecular weight excluding hydrogens is 476 g/mol. The highest BCUT2D eigenvalue weighted by molar-refractivity contribution is 8.27. The average molecular weight is 501 g/mol. The fourth-order valence-electron chi connectivity index (χ4n) is 7.21. The number of hydrogen-bond donors (Lipinski definition) is 1. The van der Waals surface area contributed by atoms with E-state index in [1.807, 2.05) is 22.9 Å². The zero-order chi connectivity index (χ0) is 24.6. The highest BCUT2D eigenvalue weighted by Gasteiger charge is 2.55. The first-order valence-corrected chi connectivity index (χ1v) is 13.1. The fraction of sp³-hybridized carbons (Fsp3) is 0.385. The number of hydrogen-bond acceptors (Lipinski definition) is 6. The van der Waals surface area contributed by atoms with Gasteiger partial charge in [-0.1, -0.05) is 0 Å². The SMILES string of the molecule is N=C1/C(=C\c2cccn2-c2ccc([N+](=O)[O-])cc2)C(=O)N=C2SC(C34CC5CC(CC(C5)C3)C4)=NN12. The van der Waals surface area contributed by atoms with Gasteiger partial charge in [0.1, 0.15) is 5.04 Å². The molecule has 36 heavy (non-hydrogen) atoms. The first-order chi connectivity index (χ1) is 17.4. The Kier molecular flexibility index (Phi) is 4.67. The maximum absolute atomic E-state index is 13.0. The van der Waals surface area contributed by atoms with Gasteiger partial charge >= 0.3 is 0 Å². The van der Waals surface area contributed by atoms with Gasteiger partial charge in [0, 0.05) is 35.1 Å². The third kappa shape index (κ3) is 3.31. The number of rotatable bonds is 4. The smallest absolute Gasteiger partial charge is 0.283 e. The molecule has 10 heteroatoms. The van der Waals surface area contributed by atoms with Crippen molar-refractivity contribution in [2.45, 2.75) is 38.5 Å². The van der Waals surface area contributed by atoms with Crippen LogP contribution >= 0.6 is 11.8 Å². The van der Waals surface area contributed by atoms with E-state index >= 15 is 0 Å². The molecule has 0 radical (unpaired) electrons. The van der Waals surface area contributed by atoms with Crippen LogP contribution in [0.15, 0.2) is 58.3 Å². The van der Waals surface area contributed by atoms with E-state index in [2.05, 4.69) is 4.99 Å². The van der Waals surface area contributed by atoms with Crippen molar-refractivity contribution in [2.24, 2.45) is 33.3 Å². The zero-order valence-electron chi connectivity index (χ0n) is 19.5. The lowest BCUT2D eigenvalue weighted by Crippen LogP contribution is -2.49. The highest BCUT2D eigenvalue weighted by Crippen LogP contribution is 2.62. The van der Waals surface area contributed by atoms with Crippen LogP contribution in [0.25, 0.3) is 11.8 Å². The molecule has 0 spiro atoms. The summed E-state index contributed by atoms with van der Waals surface area (Å²) < 4.78 is 1.82. The molecule has 4 saturated carbocycles. The lowest BCUT2D eigenvalue weighted by molar-refractivity contribution is -0.384. The van der Waals surface area contributed by atoms with Gasteiger partial charge in [-0.3, -0.25) is 20.3 Å². The minimum atomic E-state index is -0.447. The van der Waals surface area contributed by atoms with E-state index in [-0.39, 0.29) is 22.5 Å². The number of hydrazone groups is 1. The van der Waals surface area contributed by atoms with E-state index in [1.54, 1.807) is 18.2 Å². The molecule has 4 aliphatic carbocycles. The molecule has 1 amide bonds. The molecule has 4 fully saturated rings. The molecular formula is C26H24N6O3S. The predicted molar refractivity (Wildman–Crippen MR) is 138 cm³/mol. The number of carbonyl (C=O) groups excluding carboxylic acids is 1. The summed E-state index contributed by atoms with van der Waals surface area (Å²) in [5.74, 6) is 1.93. The minimum Gasteiger partial charge on any atom is -0.317 e. The number of benzene rings is 1. The lowest BCUT2D eigenvalue weighted by Gasteiger charge is -2.56. The van der Waals surface area contributed by atoms with Crippen LogP contribution in [0.1, 0.15) is 44.2 Å². The van der Waals surface area contributed by atoms with Crippen molar-refractivity contribution >= 4 is 45.5 Å². The van der Waals surface area contributed by atoms with Gasteiger partial charge < -0.3 is 4.57 Å². The summed E-state index contributed by atoms with van der Waals surface area (Å²) in [4.78, 5) is 27.9. The molecule has 1 aromatic heterocycles. The van der Waals surface area contributed by atoms with Crippen LogP contribution in [-0.2, 0) is 4.79 Å². The monoisotopic (exact) mass is 500 g/mol. The topological polar surface area (TPSA) is 117 Å². The molecule has 1 N–H and O–H groups in total. The highest BCUT2D eigenvalue weighted by atomic mass is 32.2. The van der Waals surface area contributed by atoms with Crippen LogP contribution in [0, 0.1) is 38.7 Å². The van der Waals surface area contributed by atoms with Gasteiger partial charge in [-0.25, -0.2) is 0 Å². The Hall–Kier alpha value is -3.53. The molecule has 2 aliphatic heterocycles. The summed E-state index contributed by atoms with van der Waals surface area (Å²) in [6, 6.07) is 9.86. The second-order valence-electron chi connectivity index (χ2n) is 10.7. The maximum Gasteiger partial charge on any atom is 0.283 e. The number of nitrogens with one attached hydrogen (secondary N) is 1. The number of carbonyl (C=O) groups is 1. The average Bonchev–Trinajstić information content (AvgIpc) is 3.49. The van der Waals surface area contributed by atoms with E-state index in [4.69, 9.17) is 10.5 Å². The summed E-state index contributed by atoms with van der Waals surface area (Å²) in [5, 5.41) is 27.8. The van der Waals surface area contributed by atoms with E-state index in [9.17, 15) is 14.9 Å². The van der Waals surface area contributed by atoms with Crippen molar-refractivity contribution in [1.82, 2.24) is 9.58 Å². The standard InChI is InChI=1S/C26H24N6O3S/c27-22-21(11-20-2-1-7-30(20)18-3-5-19(6-4-18)32(34)35)23(33)28-25-31(22)29-24(36-25)26-12-15-8-16(13-26)10-17(9-15)14-26/h1-7,11,15-17,27H,8-10,12-14H2/b21-11+,27-22?. The van der Waals surface area contributed by atoms with Crippen molar-refractivity contribution in [3.05, 3.63) is 64.0 Å². The molecule has 0 atom stereocenters. The minimum absolute atomic E-state index is 0.0103. The predicted octanol–water partition coefficient (Wildman–Crippen LogP) is 5.22. The molecule has 3 heterocycles. The lowest BCUT2D eigenvalue weighted by atomic mass is 9.50. The number of thioether (sulfide) groups is 1. The maximum atomic E-state index is 13.0. The summed E-state index contributed by atoms with van der Waals surface area (Å²) in [7, 11) is 0. The van der Waals surface area contributed by atoms with Crippen LogP contribution in [0.3, 0.4) is 0 Å². The van der Waals surface area contributed by atoms with Gasteiger partial charge in [-0.2, -0.15) is 15.1 Å². The number of fused-ring (bicyclic) bond motifs is 1. The molecule has 8 rings (SSSR count). The van der Waals surface area contributed by atoms with Crippen LogP contribution < -0.4 is 0 Å². The molecule has 182 valence electrons. The number of non-ortho nitro benzene ring substituents is 1. The fourth-order valence-corrected chi connectivity index (χ4v) is 8.32. The Morgan fingerprint density at radius 3 is 2.39 bits per heavy atom. The van der Waals surface area contributed by atoms with E-state index in [0.717, 1.165) is 28.5 Å². The summed E-state index contributed by atoms with van der Waals surface area (Å²) in [6.45, 7) is 0. The van der Waals surface area contributed by atoms with Crippen LogP contribution in [-0.4, -0.2) is 36.5 Å². The second-order valence-corrected chi connectivity index (χ2v) is 11.7. The van der Waals surface area contributed by atoms with Crippen molar-refractivity contribution < 1.29 is 9.72 Å². The Morgan fingerprint density at radius 1 is 1.08 bits per heavy atom. The summed E-state index contributed by atoms with van der Waals surface area (Å²) in [6.07, 6.45) is 11.0. The van der Waals surface area contributed by atoms with Gasteiger partial charge in [0.25, 0.3) is 11.6 Å². The van der Waals surface area contributed by atoms with Gasteiger partial charge in [-0.05, 0) is 98.4 Å². The Labute approximate surface area is 211 Å². The van der Waals surface area contributed by atoms with Gasteiger partial charge in [0.15, 0.2) is 5.84 Å². The third-order valence-corrected chi connectivity index (χ3v) is 9.51.